The third-order valence-corrected chi connectivity index (χ3v) is 3.67. The molecule has 2 rings (SSSR count). The van der Waals surface area contributed by atoms with Gasteiger partial charge in [-0.2, -0.15) is 0 Å². The van der Waals surface area contributed by atoms with Gasteiger partial charge in [0.25, 0.3) is 0 Å². The van der Waals surface area contributed by atoms with Crippen molar-refractivity contribution >= 4 is 32.5 Å². The monoisotopic (exact) mass is 308 g/mol. The SMILES string of the molecule is CC(O)CCN(C)c1nccc2c(Br)cccc12. The zero-order valence-corrected chi connectivity index (χ0v) is 12.2. The zero-order chi connectivity index (χ0) is 13.1. The van der Waals surface area contributed by atoms with Crippen molar-refractivity contribution in [1.82, 2.24) is 4.98 Å². The van der Waals surface area contributed by atoms with Crippen molar-refractivity contribution in [3.8, 4) is 0 Å². The van der Waals surface area contributed by atoms with Gasteiger partial charge in [0.2, 0.25) is 0 Å². The maximum Gasteiger partial charge on any atom is 0.136 e. The van der Waals surface area contributed by atoms with Gasteiger partial charge in [0.1, 0.15) is 5.82 Å². The fourth-order valence-corrected chi connectivity index (χ4v) is 2.44. The number of fused-ring (bicyclic) bond motifs is 1. The van der Waals surface area contributed by atoms with Crippen molar-refractivity contribution in [2.24, 2.45) is 0 Å². The summed E-state index contributed by atoms with van der Waals surface area (Å²) in [7, 11) is 2.01. The number of aliphatic hydroxyl groups excluding tert-OH is 1. The highest BCUT2D eigenvalue weighted by atomic mass is 79.9. The number of rotatable bonds is 4. The van der Waals surface area contributed by atoms with Gasteiger partial charge in [-0.05, 0) is 25.5 Å². The van der Waals surface area contributed by atoms with Gasteiger partial charge in [0.05, 0.1) is 6.10 Å². The van der Waals surface area contributed by atoms with Gasteiger partial charge in [-0.15, -0.1) is 0 Å². The molecule has 0 bridgehead atoms. The molecule has 0 spiro atoms. The molecule has 0 radical (unpaired) electrons. The number of nitrogens with zero attached hydrogens (tertiary/aromatic N) is 2. The lowest BCUT2D eigenvalue weighted by molar-refractivity contribution is 0.187. The summed E-state index contributed by atoms with van der Waals surface area (Å²) in [4.78, 5) is 6.53. The van der Waals surface area contributed by atoms with Crippen LogP contribution in [0.5, 0.6) is 0 Å². The molecule has 1 atom stereocenters. The fraction of sp³-hybridized carbons (Fsp3) is 0.357. The largest absolute Gasteiger partial charge is 0.393 e. The van der Waals surface area contributed by atoms with E-state index in [-0.39, 0.29) is 6.10 Å². The Bertz CT molecular complexity index is 542. The van der Waals surface area contributed by atoms with E-state index in [1.165, 1.54) is 0 Å². The third kappa shape index (κ3) is 2.82. The van der Waals surface area contributed by atoms with Crippen LogP contribution in [-0.4, -0.2) is 29.8 Å². The van der Waals surface area contributed by atoms with Gasteiger partial charge in [-0.3, -0.25) is 0 Å². The summed E-state index contributed by atoms with van der Waals surface area (Å²) in [6.07, 6.45) is 2.28. The second kappa shape index (κ2) is 5.67. The summed E-state index contributed by atoms with van der Waals surface area (Å²) >= 11 is 3.56. The second-order valence-electron chi connectivity index (χ2n) is 4.53. The molecule has 0 amide bonds. The number of pyridine rings is 1. The van der Waals surface area contributed by atoms with Crippen molar-refractivity contribution in [2.45, 2.75) is 19.4 Å². The molecular weight excluding hydrogens is 292 g/mol. The molecule has 18 heavy (non-hydrogen) atoms. The topological polar surface area (TPSA) is 36.4 Å². The average Bonchev–Trinajstić information content (AvgIpc) is 2.36. The van der Waals surface area contributed by atoms with Gasteiger partial charge in [-0.1, -0.05) is 28.1 Å². The summed E-state index contributed by atoms with van der Waals surface area (Å²) < 4.78 is 1.08. The molecule has 1 aromatic heterocycles. The van der Waals surface area contributed by atoms with E-state index < -0.39 is 0 Å². The van der Waals surface area contributed by atoms with E-state index in [1.54, 1.807) is 6.92 Å². The van der Waals surface area contributed by atoms with Gasteiger partial charge >= 0.3 is 0 Å². The number of hydrogen-bond acceptors (Lipinski definition) is 3. The van der Waals surface area contributed by atoms with E-state index in [1.807, 2.05) is 31.4 Å². The van der Waals surface area contributed by atoms with E-state index in [2.05, 4.69) is 31.9 Å². The molecule has 1 heterocycles. The maximum absolute atomic E-state index is 9.35. The highest BCUT2D eigenvalue weighted by Crippen LogP contribution is 2.29. The Balaban J connectivity index is 2.36. The molecule has 0 aliphatic rings. The van der Waals surface area contributed by atoms with Crippen LogP contribution in [0.1, 0.15) is 13.3 Å². The second-order valence-corrected chi connectivity index (χ2v) is 5.38. The van der Waals surface area contributed by atoms with Crippen LogP contribution in [0.3, 0.4) is 0 Å². The van der Waals surface area contributed by atoms with Gasteiger partial charge in [0, 0.05) is 35.0 Å². The van der Waals surface area contributed by atoms with Crippen LogP contribution >= 0.6 is 15.9 Å². The van der Waals surface area contributed by atoms with E-state index in [0.29, 0.717) is 0 Å². The van der Waals surface area contributed by atoms with Crippen molar-refractivity contribution < 1.29 is 5.11 Å². The minimum absolute atomic E-state index is 0.283. The summed E-state index contributed by atoms with van der Waals surface area (Å²) in [5.41, 5.74) is 0. The quantitative estimate of drug-likeness (QED) is 0.942. The molecule has 1 aromatic carbocycles. The molecule has 1 unspecified atom stereocenters. The molecule has 0 fully saturated rings. The van der Waals surface area contributed by atoms with Crippen LogP contribution in [0, 0.1) is 0 Å². The van der Waals surface area contributed by atoms with E-state index in [9.17, 15) is 5.11 Å². The van der Waals surface area contributed by atoms with Crippen LogP contribution in [0.4, 0.5) is 5.82 Å². The van der Waals surface area contributed by atoms with Gasteiger partial charge in [0.15, 0.2) is 0 Å². The molecule has 0 saturated heterocycles. The van der Waals surface area contributed by atoms with Gasteiger partial charge in [-0.25, -0.2) is 4.98 Å². The Kier molecular flexibility index (Phi) is 4.19. The van der Waals surface area contributed by atoms with Crippen LogP contribution in [0.15, 0.2) is 34.9 Å². The van der Waals surface area contributed by atoms with E-state index in [4.69, 9.17) is 0 Å². The Hall–Kier alpha value is -1.13. The predicted molar refractivity (Wildman–Crippen MR) is 79.0 cm³/mol. The summed E-state index contributed by atoms with van der Waals surface area (Å²) in [5.74, 6) is 0.953. The first-order chi connectivity index (χ1) is 8.59. The number of aliphatic hydroxyl groups is 1. The van der Waals surface area contributed by atoms with Crippen molar-refractivity contribution in [3.05, 3.63) is 34.9 Å². The normalized spacial score (nSPS) is 12.7. The Morgan fingerprint density at radius 3 is 2.83 bits per heavy atom. The molecular formula is C14H17BrN2O. The van der Waals surface area contributed by atoms with Crippen molar-refractivity contribution in [1.29, 1.82) is 0 Å². The smallest absolute Gasteiger partial charge is 0.136 e. The van der Waals surface area contributed by atoms with Crippen LogP contribution in [0.25, 0.3) is 10.8 Å². The molecule has 1 N–H and O–H groups in total. The number of anilines is 1. The first kappa shape index (κ1) is 13.3. The molecule has 0 aliphatic heterocycles. The Morgan fingerprint density at radius 1 is 1.33 bits per heavy atom. The third-order valence-electron chi connectivity index (χ3n) is 2.98. The lowest BCUT2D eigenvalue weighted by atomic mass is 10.1. The lowest BCUT2D eigenvalue weighted by Gasteiger charge is -2.20. The summed E-state index contributed by atoms with van der Waals surface area (Å²) in [5, 5.41) is 11.6. The van der Waals surface area contributed by atoms with Crippen LogP contribution in [0.2, 0.25) is 0 Å². The number of aromatic nitrogens is 1. The van der Waals surface area contributed by atoms with Crippen LogP contribution < -0.4 is 4.90 Å². The number of hydrogen-bond donors (Lipinski definition) is 1. The summed E-state index contributed by atoms with van der Waals surface area (Å²) in [6, 6.07) is 8.12. The minimum atomic E-state index is -0.283. The maximum atomic E-state index is 9.35. The van der Waals surface area contributed by atoms with E-state index in [0.717, 1.165) is 34.0 Å². The molecule has 4 heteroatoms. The van der Waals surface area contributed by atoms with Crippen molar-refractivity contribution in [2.75, 3.05) is 18.5 Å². The first-order valence-corrected chi connectivity index (χ1v) is 6.81. The lowest BCUT2D eigenvalue weighted by Crippen LogP contribution is -2.22. The molecule has 0 saturated carbocycles. The molecule has 96 valence electrons. The van der Waals surface area contributed by atoms with Crippen LogP contribution in [-0.2, 0) is 0 Å². The minimum Gasteiger partial charge on any atom is -0.393 e. The Labute approximate surface area is 116 Å². The average molecular weight is 309 g/mol. The molecule has 2 aromatic rings. The predicted octanol–water partition coefficient (Wildman–Crippen LogP) is 3.20. The highest BCUT2D eigenvalue weighted by molar-refractivity contribution is 9.10. The van der Waals surface area contributed by atoms with E-state index >= 15 is 0 Å². The first-order valence-electron chi connectivity index (χ1n) is 6.02. The Morgan fingerprint density at radius 2 is 2.11 bits per heavy atom. The zero-order valence-electron chi connectivity index (χ0n) is 10.6. The molecule has 0 aliphatic carbocycles. The standard InChI is InChI=1S/C14H17BrN2O/c1-10(18)7-9-17(2)14-12-4-3-5-13(15)11(12)6-8-16-14/h3-6,8,10,18H,7,9H2,1-2H3. The van der Waals surface area contributed by atoms with Crippen molar-refractivity contribution in [3.63, 3.8) is 0 Å². The summed E-state index contributed by atoms with van der Waals surface area (Å²) in [6.45, 7) is 2.59. The molecule has 3 nitrogen and oxygen atoms in total. The highest BCUT2D eigenvalue weighted by Gasteiger charge is 2.09. The number of halogens is 1. The fourth-order valence-electron chi connectivity index (χ4n) is 1.94. The van der Waals surface area contributed by atoms with Gasteiger partial charge < -0.3 is 10.0 Å². The number of benzene rings is 1.